The van der Waals surface area contributed by atoms with Crippen LogP contribution in [-0.4, -0.2) is 46.8 Å². The van der Waals surface area contributed by atoms with Gasteiger partial charge in [-0.1, -0.05) is 72.3 Å². The van der Waals surface area contributed by atoms with Gasteiger partial charge in [0, 0.05) is 21.4 Å². The van der Waals surface area contributed by atoms with E-state index >= 15 is 0 Å². The van der Waals surface area contributed by atoms with Gasteiger partial charge in [0.2, 0.25) is 5.13 Å². The molecular formula is C35H35Cl2N3O6S2. The minimum atomic E-state index is -1.03. The molecule has 0 aliphatic carbocycles. The Kier molecular flexibility index (Phi) is 11.9. The predicted molar refractivity (Wildman–Crippen MR) is 191 cm³/mol. The number of halogens is 2. The van der Waals surface area contributed by atoms with Crippen LogP contribution in [-0.2, 0) is 15.3 Å². The second kappa shape index (κ2) is 16.1. The molecule has 5 rings (SSSR count). The lowest BCUT2D eigenvalue weighted by molar-refractivity contribution is -0.132. The minimum absolute atomic E-state index is 0.0857. The van der Waals surface area contributed by atoms with E-state index in [1.807, 2.05) is 19.9 Å². The lowest BCUT2D eigenvalue weighted by atomic mass is 9.95. The number of nitrogens with zero attached hydrogens (tertiary/aromatic N) is 3. The van der Waals surface area contributed by atoms with E-state index in [4.69, 9.17) is 37.4 Å². The molecule has 4 aromatic rings. The van der Waals surface area contributed by atoms with Crippen molar-refractivity contribution in [2.75, 3.05) is 24.7 Å². The molecule has 13 heteroatoms. The molecule has 48 heavy (non-hydrogen) atoms. The number of Topliss-reactive ketones (excluding diaryl/α,β-unsaturated/α-hetero) is 1. The quantitative estimate of drug-likeness (QED) is 0.0447. The molecule has 1 aliphatic rings. The number of carbonyl (C=O) groups is 2. The number of thioether (sulfide) groups is 1. The van der Waals surface area contributed by atoms with Gasteiger partial charge in [-0.15, -0.1) is 10.2 Å². The highest BCUT2D eigenvalue weighted by molar-refractivity contribution is 8.00. The van der Waals surface area contributed by atoms with Gasteiger partial charge in [-0.2, -0.15) is 0 Å². The SMILES string of the molecule is CCOc1ccc(/C(O)=C2\C(=O)C(=O)N(c3nnc(SCc4ccc(Cl)cc4Cl)s3)C2c2ccc(OCCC(C)C)c(OCC)c2)cc1. The van der Waals surface area contributed by atoms with Gasteiger partial charge in [-0.25, -0.2) is 0 Å². The van der Waals surface area contributed by atoms with E-state index in [1.165, 1.54) is 16.7 Å². The van der Waals surface area contributed by atoms with E-state index in [2.05, 4.69) is 24.0 Å². The molecule has 1 aliphatic heterocycles. The Bertz CT molecular complexity index is 1810. The summed E-state index contributed by atoms with van der Waals surface area (Å²) in [5, 5.41) is 21.5. The van der Waals surface area contributed by atoms with Gasteiger partial charge in [-0.3, -0.25) is 14.5 Å². The maximum atomic E-state index is 13.8. The van der Waals surface area contributed by atoms with E-state index in [-0.39, 0.29) is 16.5 Å². The molecule has 0 saturated carbocycles. The summed E-state index contributed by atoms with van der Waals surface area (Å²) < 4.78 is 18.1. The molecule has 1 atom stereocenters. The highest BCUT2D eigenvalue weighted by Gasteiger charge is 2.48. The van der Waals surface area contributed by atoms with Crippen molar-refractivity contribution < 1.29 is 28.9 Å². The molecule has 1 amide bonds. The maximum Gasteiger partial charge on any atom is 0.301 e. The van der Waals surface area contributed by atoms with Crippen molar-refractivity contribution in [1.29, 1.82) is 0 Å². The summed E-state index contributed by atoms with van der Waals surface area (Å²) in [4.78, 5) is 28.8. The van der Waals surface area contributed by atoms with Gasteiger partial charge >= 0.3 is 5.91 Å². The summed E-state index contributed by atoms with van der Waals surface area (Å²) in [6, 6.07) is 16.2. The van der Waals surface area contributed by atoms with Gasteiger partial charge in [-0.05, 0) is 85.8 Å². The van der Waals surface area contributed by atoms with Crippen LogP contribution in [0.4, 0.5) is 5.13 Å². The fourth-order valence-corrected chi connectivity index (χ4v) is 7.43. The van der Waals surface area contributed by atoms with Crippen LogP contribution in [0.2, 0.25) is 10.0 Å². The molecule has 1 saturated heterocycles. The summed E-state index contributed by atoms with van der Waals surface area (Å²) in [5.74, 6) is 0.546. The van der Waals surface area contributed by atoms with E-state index in [0.717, 1.165) is 23.3 Å². The molecule has 0 radical (unpaired) electrons. The highest BCUT2D eigenvalue weighted by atomic mass is 35.5. The lowest BCUT2D eigenvalue weighted by Crippen LogP contribution is -2.29. The van der Waals surface area contributed by atoms with Crippen molar-refractivity contribution >= 4 is 68.9 Å². The molecular weight excluding hydrogens is 693 g/mol. The zero-order valence-electron chi connectivity index (χ0n) is 26.9. The van der Waals surface area contributed by atoms with Crippen LogP contribution in [0.3, 0.4) is 0 Å². The Balaban J connectivity index is 1.55. The molecule has 3 aromatic carbocycles. The van der Waals surface area contributed by atoms with Crippen molar-refractivity contribution in [2.45, 2.75) is 50.3 Å². The molecule has 1 fully saturated rings. The zero-order chi connectivity index (χ0) is 34.4. The average Bonchev–Trinajstić information content (AvgIpc) is 3.63. The third-order valence-electron chi connectivity index (χ3n) is 7.39. The number of hydrogen-bond acceptors (Lipinski definition) is 10. The second-order valence-corrected chi connectivity index (χ2v) is 14.2. The lowest BCUT2D eigenvalue weighted by Gasteiger charge is -2.24. The maximum absolute atomic E-state index is 13.8. The van der Waals surface area contributed by atoms with Crippen molar-refractivity contribution in [3.8, 4) is 17.2 Å². The number of hydrogen-bond donors (Lipinski definition) is 1. The smallest absolute Gasteiger partial charge is 0.301 e. The number of ether oxygens (including phenoxy) is 3. The van der Waals surface area contributed by atoms with Crippen LogP contribution >= 0.6 is 46.3 Å². The highest BCUT2D eigenvalue weighted by Crippen LogP contribution is 2.46. The fourth-order valence-electron chi connectivity index (χ4n) is 5.00. The van der Waals surface area contributed by atoms with E-state index in [0.29, 0.717) is 74.3 Å². The van der Waals surface area contributed by atoms with Gasteiger partial charge in [0.15, 0.2) is 15.8 Å². The van der Waals surface area contributed by atoms with Crippen molar-refractivity contribution in [3.05, 3.63) is 93.0 Å². The summed E-state index contributed by atoms with van der Waals surface area (Å²) in [5.41, 5.74) is 1.65. The minimum Gasteiger partial charge on any atom is -0.507 e. The fraction of sp³-hybridized carbons (Fsp3) is 0.314. The summed E-state index contributed by atoms with van der Waals surface area (Å²) in [6.07, 6.45) is 0.858. The van der Waals surface area contributed by atoms with Crippen LogP contribution in [0.5, 0.6) is 17.2 Å². The number of aliphatic hydroxyl groups excluding tert-OH is 1. The second-order valence-electron chi connectivity index (χ2n) is 11.2. The third-order valence-corrected chi connectivity index (χ3v) is 10.1. The Labute approximate surface area is 297 Å². The van der Waals surface area contributed by atoms with Crippen molar-refractivity contribution in [3.63, 3.8) is 0 Å². The van der Waals surface area contributed by atoms with Gasteiger partial charge in [0.05, 0.1) is 31.4 Å². The summed E-state index contributed by atoms with van der Waals surface area (Å²) in [7, 11) is 0. The first kappa shape index (κ1) is 35.5. The van der Waals surface area contributed by atoms with Gasteiger partial charge < -0.3 is 19.3 Å². The summed E-state index contributed by atoms with van der Waals surface area (Å²) in [6.45, 7) is 9.31. The first-order valence-corrected chi connectivity index (χ1v) is 18.0. The van der Waals surface area contributed by atoms with E-state index in [1.54, 1.807) is 54.6 Å². The molecule has 1 aromatic heterocycles. The Hall–Kier alpha value is -3.77. The molecule has 252 valence electrons. The third kappa shape index (κ3) is 8.08. The molecule has 0 bridgehead atoms. The number of rotatable bonds is 14. The monoisotopic (exact) mass is 727 g/mol. The van der Waals surface area contributed by atoms with Crippen LogP contribution in [0.25, 0.3) is 5.76 Å². The van der Waals surface area contributed by atoms with Gasteiger partial charge in [0.1, 0.15) is 11.5 Å². The molecule has 1 N–H and O–H groups in total. The molecule has 2 heterocycles. The standard InChI is InChI=1S/C35H35Cl2N3O6S2/c1-5-44-25-12-8-21(9-13-25)31(41)29-30(22-10-14-27(28(17-22)45-6-2)46-16-15-20(3)4)40(33(43)32(29)42)34-38-39-35(48-34)47-19-23-7-11-24(36)18-26(23)37/h7-14,17-18,20,30,41H,5-6,15-16,19H2,1-4H3/b31-29+. The molecule has 1 unspecified atom stereocenters. The average molecular weight is 729 g/mol. The summed E-state index contributed by atoms with van der Waals surface area (Å²) >= 11 is 14.9. The number of carbonyl (C=O) groups excluding carboxylic acids is 2. The van der Waals surface area contributed by atoms with Crippen LogP contribution in [0.1, 0.15) is 56.8 Å². The predicted octanol–water partition coefficient (Wildman–Crippen LogP) is 8.99. The first-order valence-electron chi connectivity index (χ1n) is 15.4. The molecule has 9 nitrogen and oxygen atoms in total. The van der Waals surface area contributed by atoms with Crippen LogP contribution < -0.4 is 19.1 Å². The number of amides is 1. The van der Waals surface area contributed by atoms with Crippen molar-refractivity contribution in [2.24, 2.45) is 5.92 Å². The van der Waals surface area contributed by atoms with Crippen molar-refractivity contribution in [1.82, 2.24) is 10.2 Å². The van der Waals surface area contributed by atoms with Gasteiger partial charge in [0.25, 0.3) is 5.78 Å². The van der Waals surface area contributed by atoms with E-state index < -0.39 is 17.7 Å². The number of aliphatic hydroxyl groups is 1. The van der Waals surface area contributed by atoms with E-state index in [9.17, 15) is 14.7 Å². The normalized spacial score (nSPS) is 15.7. The largest absolute Gasteiger partial charge is 0.507 e. The Morgan fingerprint density at radius 1 is 0.958 bits per heavy atom. The number of anilines is 1. The zero-order valence-corrected chi connectivity index (χ0v) is 30.0. The number of aromatic nitrogens is 2. The Morgan fingerprint density at radius 3 is 2.40 bits per heavy atom. The van der Waals surface area contributed by atoms with Crippen LogP contribution in [0, 0.1) is 5.92 Å². The van der Waals surface area contributed by atoms with Crippen LogP contribution in [0.15, 0.2) is 70.6 Å². The topological polar surface area (TPSA) is 111 Å². The first-order chi connectivity index (χ1) is 23.1. The number of ketones is 1. The Morgan fingerprint density at radius 2 is 1.71 bits per heavy atom. The molecule has 0 spiro atoms. The number of benzene rings is 3.